The zero-order valence-electron chi connectivity index (χ0n) is 12.9. The van der Waals surface area contributed by atoms with E-state index < -0.39 is 33.7 Å². The van der Waals surface area contributed by atoms with Gasteiger partial charge in [-0.15, -0.1) is 0 Å². The second-order valence-corrected chi connectivity index (χ2v) is 7.22. The summed E-state index contributed by atoms with van der Waals surface area (Å²) in [7, 11) is -2.85. The molecular weight excluding hydrogens is 340 g/mol. The predicted molar refractivity (Wildman–Crippen MR) is 86.1 cm³/mol. The molecule has 24 heavy (non-hydrogen) atoms. The summed E-state index contributed by atoms with van der Waals surface area (Å²) in [6.45, 7) is 0.672. The van der Waals surface area contributed by atoms with Crippen molar-refractivity contribution in [3.05, 3.63) is 47.3 Å². The van der Waals surface area contributed by atoms with Crippen LogP contribution in [0.15, 0.2) is 30.5 Å². The van der Waals surface area contributed by atoms with Crippen molar-refractivity contribution in [3.8, 4) is 0 Å². The van der Waals surface area contributed by atoms with E-state index in [-0.39, 0.29) is 16.9 Å². The quantitative estimate of drug-likeness (QED) is 0.918. The van der Waals surface area contributed by atoms with E-state index in [1.807, 2.05) is 0 Å². The third-order valence-corrected chi connectivity index (χ3v) is 5.72. The van der Waals surface area contributed by atoms with Crippen LogP contribution in [0, 0.1) is 6.92 Å². The highest BCUT2D eigenvalue weighted by molar-refractivity contribution is 8.02. The fraction of sp³-hybridized carbons (Fsp3) is 0.267. The van der Waals surface area contributed by atoms with Crippen LogP contribution in [0.5, 0.6) is 0 Å². The number of fused-ring (bicyclic) bond motifs is 1. The molecule has 6 nitrogen and oxygen atoms in total. The van der Waals surface area contributed by atoms with Crippen LogP contribution in [0.1, 0.15) is 16.8 Å². The van der Waals surface area contributed by atoms with E-state index in [1.165, 1.54) is 17.8 Å². The average Bonchev–Trinajstić information content (AvgIpc) is 2.87. The van der Waals surface area contributed by atoms with Gasteiger partial charge in [0.05, 0.1) is 12.7 Å². The number of hydrogen-bond acceptors (Lipinski definition) is 4. The van der Waals surface area contributed by atoms with Gasteiger partial charge in [0.1, 0.15) is 16.3 Å². The van der Waals surface area contributed by atoms with Gasteiger partial charge in [0.15, 0.2) is 5.76 Å². The number of sulfonamides is 1. The minimum absolute atomic E-state index is 0.0624. The molecule has 0 atom stereocenters. The zero-order valence-corrected chi connectivity index (χ0v) is 13.8. The van der Waals surface area contributed by atoms with E-state index in [1.54, 1.807) is 25.1 Å². The van der Waals surface area contributed by atoms with E-state index in [0.29, 0.717) is 9.87 Å². The maximum Gasteiger partial charge on any atom is 0.269 e. The lowest BCUT2D eigenvalue weighted by Crippen LogP contribution is -2.38. The van der Waals surface area contributed by atoms with Gasteiger partial charge in [0.25, 0.3) is 16.4 Å². The number of aliphatic hydroxyl groups is 1. The Morgan fingerprint density at radius 3 is 2.58 bits per heavy atom. The summed E-state index contributed by atoms with van der Waals surface area (Å²) in [5.74, 6) is -0.496. The molecule has 3 rings (SSSR count). The Morgan fingerprint density at radius 1 is 1.29 bits per heavy atom. The summed E-state index contributed by atoms with van der Waals surface area (Å²) in [6.07, 6.45) is -1.72. The molecule has 0 aliphatic carbocycles. The first-order valence-electron chi connectivity index (χ1n) is 7.07. The summed E-state index contributed by atoms with van der Waals surface area (Å²) in [5, 5.41) is 14.5. The highest BCUT2D eigenvalue weighted by Crippen LogP contribution is 2.43. The van der Waals surface area contributed by atoms with Crippen LogP contribution in [0.3, 0.4) is 0 Å². The summed E-state index contributed by atoms with van der Waals surface area (Å²) >= 11 is 0. The lowest BCUT2D eigenvalue weighted by Gasteiger charge is -2.30. The number of halogens is 2. The monoisotopic (exact) mass is 355 g/mol. The molecule has 0 radical (unpaired) electrons. The Kier molecular flexibility index (Phi) is 3.83. The summed E-state index contributed by atoms with van der Waals surface area (Å²) < 4.78 is 53.6. The Bertz CT molecular complexity index is 935. The number of aliphatic hydroxyl groups excluding tert-OH is 1. The lowest BCUT2D eigenvalue weighted by atomic mass is 10.1. The minimum atomic E-state index is -4.35. The Morgan fingerprint density at radius 2 is 1.96 bits per heavy atom. The fourth-order valence-corrected chi connectivity index (χ4v) is 4.54. The van der Waals surface area contributed by atoms with E-state index in [4.69, 9.17) is 0 Å². The molecule has 128 valence electrons. The van der Waals surface area contributed by atoms with Crippen molar-refractivity contribution in [1.29, 1.82) is 0 Å². The molecule has 2 heterocycles. The highest BCUT2D eigenvalue weighted by Gasteiger charge is 2.41. The molecule has 1 aromatic carbocycles. The van der Waals surface area contributed by atoms with Gasteiger partial charge in [-0.2, -0.15) is 5.10 Å². The number of hydrogen-bond donors (Lipinski definition) is 1. The molecule has 9 heteroatoms. The number of rotatable bonds is 3. The van der Waals surface area contributed by atoms with Crippen LogP contribution in [0.25, 0.3) is 10.7 Å². The molecule has 1 aliphatic heterocycles. The van der Waals surface area contributed by atoms with Crippen LogP contribution >= 0.6 is 0 Å². The number of anilines is 1. The molecule has 0 fully saturated rings. The topological polar surface area (TPSA) is 75.4 Å². The maximum absolute atomic E-state index is 13.0. The molecule has 1 aliphatic rings. The third kappa shape index (κ3) is 2.35. The Balaban J connectivity index is 2.35. The lowest BCUT2D eigenvalue weighted by molar-refractivity contribution is 0.159. The molecule has 0 bridgehead atoms. The first kappa shape index (κ1) is 16.4. The van der Waals surface area contributed by atoms with Crippen molar-refractivity contribution >= 4 is 26.4 Å². The molecule has 0 saturated heterocycles. The second kappa shape index (κ2) is 5.59. The van der Waals surface area contributed by atoms with E-state index >= 15 is 0 Å². The maximum atomic E-state index is 13.0. The molecule has 1 N–H and O–H groups in total. The van der Waals surface area contributed by atoms with Crippen molar-refractivity contribution in [2.24, 2.45) is 7.05 Å². The van der Waals surface area contributed by atoms with E-state index in [0.717, 1.165) is 6.20 Å². The Labute approximate surface area is 137 Å². The van der Waals surface area contributed by atoms with Gasteiger partial charge >= 0.3 is 0 Å². The van der Waals surface area contributed by atoms with Gasteiger partial charge in [-0.1, -0.05) is 24.3 Å². The normalized spacial score (nSPS) is 16.6. The molecule has 0 unspecified atom stereocenters. The smallest absolute Gasteiger partial charge is 0.269 e. The van der Waals surface area contributed by atoms with Gasteiger partial charge in [-0.3, -0.25) is 8.99 Å². The molecular formula is C15H15F2N3O3S. The van der Waals surface area contributed by atoms with Gasteiger partial charge in [0, 0.05) is 12.6 Å². The highest BCUT2D eigenvalue weighted by atomic mass is 32.2. The molecule has 1 aromatic heterocycles. The van der Waals surface area contributed by atoms with Gasteiger partial charge in [-0.25, -0.2) is 17.2 Å². The van der Waals surface area contributed by atoms with Crippen LogP contribution in [0.2, 0.25) is 0 Å². The SMILES string of the molecule is Cc1ccccc1C1=C(O)c2c(cnn2C)N(CC(F)F)S1(=O)=O. The standard InChI is InChI=1S/C15H15F2N3O3S/c1-9-5-3-4-6-10(9)15-14(21)13-11(7-18-19(13)2)20(8-12(16)17)24(15,22)23/h3-7,12,21H,8H2,1-2H3. The number of aromatic nitrogens is 2. The Hall–Kier alpha value is -2.42. The van der Waals surface area contributed by atoms with Gasteiger partial charge < -0.3 is 5.11 Å². The number of aryl methyl sites for hydroxylation is 2. The molecule has 0 amide bonds. The number of nitrogens with zero attached hydrogens (tertiary/aromatic N) is 3. The number of alkyl halides is 2. The fourth-order valence-electron chi connectivity index (χ4n) is 2.77. The van der Waals surface area contributed by atoms with Crippen LogP contribution < -0.4 is 4.31 Å². The van der Waals surface area contributed by atoms with E-state index in [9.17, 15) is 22.3 Å². The first-order chi connectivity index (χ1) is 11.2. The van der Waals surface area contributed by atoms with Crippen LogP contribution in [0.4, 0.5) is 14.5 Å². The van der Waals surface area contributed by atoms with Crippen molar-refractivity contribution in [2.45, 2.75) is 13.3 Å². The van der Waals surface area contributed by atoms with Crippen molar-refractivity contribution in [1.82, 2.24) is 9.78 Å². The summed E-state index contributed by atoms with van der Waals surface area (Å²) in [6, 6.07) is 6.55. The van der Waals surface area contributed by atoms with Crippen molar-refractivity contribution < 1.29 is 22.3 Å². The molecule has 0 spiro atoms. The van der Waals surface area contributed by atoms with Gasteiger partial charge in [0.2, 0.25) is 0 Å². The summed E-state index contributed by atoms with van der Waals surface area (Å²) in [4.78, 5) is -0.391. The summed E-state index contributed by atoms with van der Waals surface area (Å²) in [5.41, 5.74) is 0.891. The van der Waals surface area contributed by atoms with Crippen molar-refractivity contribution in [2.75, 3.05) is 10.8 Å². The van der Waals surface area contributed by atoms with Crippen LogP contribution in [-0.2, 0) is 17.1 Å². The first-order valence-corrected chi connectivity index (χ1v) is 8.51. The average molecular weight is 355 g/mol. The van der Waals surface area contributed by atoms with E-state index in [2.05, 4.69) is 5.10 Å². The van der Waals surface area contributed by atoms with Crippen LogP contribution in [-0.4, -0.2) is 36.3 Å². The number of benzene rings is 1. The largest absolute Gasteiger partial charge is 0.504 e. The van der Waals surface area contributed by atoms with Gasteiger partial charge in [-0.05, 0) is 12.5 Å². The predicted octanol–water partition coefficient (Wildman–Crippen LogP) is 2.53. The molecule has 2 aromatic rings. The minimum Gasteiger partial charge on any atom is -0.504 e. The zero-order chi connectivity index (χ0) is 17.6. The third-order valence-electron chi connectivity index (χ3n) is 3.87. The molecule has 0 saturated carbocycles. The van der Waals surface area contributed by atoms with Crippen molar-refractivity contribution in [3.63, 3.8) is 0 Å². The second-order valence-electron chi connectivity index (χ2n) is 5.42.